The molecule has 0 bridgehead atoms. The maximum atomic E-state index is 11.1. The van der Waals surface area contributed by atoms with Gasteiger partial charge < -0.3 is 5.32 Å². The smallest absolute Gasteiger partial charge is 0.243 e. The molecule has 3 rings (SSSR count). The van der Waals surface area contributed by atoms with Gasteiger partial charge in [-0.15, -0.1) is 0 Å². The minimum Gasteiger partial charge on any atom is -0.348 e. The van der Waals surface area contributed by atoms with Crippen LogP contribution in [0.2, 0.25) is 0 Å². The van der Waals surface area contributed by atoms with Crippen LogP contribution in [-0.2, 0) is 11.3 Å². The maximum absolute atomic E-state index is 11.1. The molecule has 2 aromatic rings. The van der Waals surface area contributed by atoms with E-state index >= 15 is 0 Å². The van der Waals surface area contributed by atoms with Gasteiger partial charge >= 0.3 is 0 Å². The molecule has 1 saturated carbocycles. The monoisotopic (exact) mass is 296 g/mol. The van der Waals surface area contributed by atoms with Gasteiger partial charge in [0.1, 0.15) is 0 Å². The largest absolute Gasteiger partial charge is 0.348 e. The van der Waals surface area contributed by atoms with E-state index in [1.54, 1.807) is 6.20 Å². The Hall–Kier alpha value is -2.43. The van der Waals surface area contributed by atoms with Crippen molar-refractivity contribution < 1.29 is 4.79 Å². The van der Waals surface area contributed by atoms with Gasteiger partial charge in [0.2, 0.25) is 5.91 Å². The van der Waals surface area contributed by atoms with Crippen LogP contribution in [0.1, 0.15) is 37.3 Å². The van der Waals surface area contributed by atoms with Gasteiger partial charge in [0.25, 0.3) is 0 Å². The third-order valence-electron chi connectivity index (χ3n) is 4.07. The topological polar surface area (TPSA) is 59.8 Å². The average Bonchev–Trinajstić information content (AvgIpc) is 3.23. The van der Waals surface area contributed by atoms with Crippen LogP contribution in [0.3, 0.4) is 0 Å². The Morgan fingerprint density at radius 1 is 1.36 bits per heavy atom. The number of hydrogen-bond donors (Lipinski definition) is 1. The fourth-order valence-electron chi connectivity index (χ4n) is 2.80. The molecule has 0 spiro atoms. The van der Waals surface area contributed by atoms with Crippen LogP contribution in [0.15, 0.2) is 43.4 Å². The summed E-state index contributed by atoms with van der Waals surface area (Å²) >= 11 is 0. The van der Waals surface area contributed by atoms with Gasteiger partial charge in [-0.05, 0) is 30.5 Å². The lowest BCUT2D eigenvalue weighted by molar-refractivity contribution is -0.116. The molecule has 2 heterocycles. The molecule has 5 nitrogen and oxygen atoms in total. The second kappa shape index (κ2) is 6.56. The lowest BCUT2D eigenvalue weighted by Crippen LogP contribution is -2.19. The Bertz CT molecular complexity index is 654. The van der Waals surface area contributed by atoms with E-state index in [9.17, 15) is 4.79 Å². The van der Waals surface area contributed by atoms with Crippen molar-refractivity contribution in [1.29, 1.82) is 0 Å². The third-order valence-corrected chi connectivity index (χ3v) is 4.07. The summed E-state index contributed by atoms with van der Waals surface area (Å²) in [7, 11) is 0. The Morgan fingerprint density at radius 2 is 2.18 bits per heavy atom. The third kappa shape index (κ3) is 3.24. The van der Waals surface area contributed by atoms with Gasteiger partial charge in [0.15, 0.2) is 0 Å². The summed E-state index contributed by atoms with van der Waals surface area (Å²) in [6.07, 6.45) is 12.0. The minimum absolute atomic E-state index is 0.179. The second-order valence-corrected chi connectivity index (χ2v) is 5.62. The lowest BCUT2D eigenvalue weighted by Gasteiger charge is -2.08. The molecular weight excluding hydrogens is 276 g/mol. The number of aromatic nitrogens is 3. The molecule has 0 radical (unpaired) electrons. The molecule has 0 aliphatic heterocycles. The number of amides is 1. The van der Waals surface area contributed by atoms with E-state index in [2.05, 4.69) is 32.9 Å². The van der Waals surface area contributed by atoms with E-state index in [1.165, 1.54) is 31.8 Å². The van der Waals surface area contributed by atoms with E-state index in [0.29, 0.717) is 12.6 Å². The van der Waals surface area contributed by atoms with Gasteiger partial charge in [-0.25, -0.2) is 0 Å². The Balaban J connectivity index is 1.67. The van der Waals surface area contributed by atoms with Crippen molar-refractivity contribution in [3.63, 3.8) is 0 Å². The van der Waals surface area contributed by atoms with Gasteiger partial charge in [-0.3, -0.25) is 14.5 Å². The number of rotatable bonds is 5. The zero-order chi connectivity index (χ0) is 15.4. The van der Waals surface area contributed by atoms with Gasteiger partial charge in [0.05, 0.1) is 17.9 Å². The van der Waals surface area contributed by atoms with Crippen molar-refractivity contribution >= 4 is 5.91 Å². The van der Waals surface area contributed by atoms with Crippen LogP contribution in [0.25, 0.3) is 11.3 Å². The van der Waals surface area contributed by atoms with E-state index in [1.807, 2.05) is 18.3 Å². The van der Waals surface area contributed by atoms with Crippen molar-refractivity contribution in [3.05, 3.63) is 48.9 Å². The molecule has 0 saturated heterocycles. The number of carbonyl (C=O) groups is 1. The van der Waals surface area contributed by atoms with E-state index < -0.39 is 0 Å². The lowest BCUT2D eigenvalue weighted by atomic mass is 10.2. The number of pyridine rings is 1. The summed E-state index contributed by atoms with van der Waals surface area (Å²) in [6.45, 7) is 3.88. The van der Waals surface area contributed by atoms with Gasteiger partial charge in [-0.2, -0.15) is 5.10 Å². The molecule has 1 fully saturated rings. The zero-order valence-electron chi connectivity index (χ0n) is 12.5. The SMILES string of the molecule is C=CC(=O)NCc1ccc(-c2cnn(C3CCCC3)c2)nc1. The van der Waals surface area contributed by atoms with Crippen LogP contribution in [0, 0.1) is 0 Å². The van der Waals surface area contributed by atoms with Crippen molar-refractivity contribution in [2.75, 3.05) is 0 Å². The first-order chi connectivity index (χ1) is 10.8. The van der Waals surface area contributed by atoms with Crippen molar-refractivity contribution in [2.45, 2.75) is 38.3 Å². The predicted octanol–water partition coefficient (Wildman–Crippen LogP) is 2.86. The summed E-state index contributed by atoms with van der Waals surface area (Å²) in [5.41, 5.74) is 2.90. The summed E-state index contributed by atoms with van der Waals surface area (Å²) < 4.78 is 2.07. The van der Waals surface area contributed by atoms with Crippen LogP contribution in [0.5, 0.6) is 0 Å². The number of nitrogens with one attached hydrogen (secondary N) is 1. The van der Waals surface area contributed by atoms with Gasteiger partial charge in [-0.1, -0.05) is 25.5 Å². The van der Waals surface area contributed by atoms with Crippen molar-refractivity contribution in [2.24, 2.45) is 0 Å². The highest BCUT2D eigenvalue weighted by molar-refractivity contribution is 5.86. The van der Waals surface area contributed by atoms with Crippen LogP contribution < -0.4 is 5.32 Å². The molecule has 114 valence electrons. The van der Waals surface area contributed by atoms with E-state index in [-0.39, 0.29) is 5.91 Å². The summed E-state index contributed by atoms with van der Waals surface area (Å²) in [5, 5.41) is 7.21. The molecule has 5 heteroatoms. The molecule has 1 amide bonds. The highest BCUT2D eigenvalue weighted by Gasteiger charge is 2.17. The molecule has 22 heavy (non-hydrogen) atoms. The first kappa shape index (κ1) is 14.5. The van der Waals surface area contributed by atoms with E-state index in [0.717, 1.165) is 16.8 Å². The highest BCUT2D eigenvalue weighted by Crippen LogP contribution is 2.30. The fraction of sp³-hybridized carbons (Fsp3) is 0.353. The van der Waals surface area contributed by atoms with Crippen molar-refractivity contribution in [1.82, 2.24) is 20.1 Å². The van der Waals surface area contributed by atoms with Gasteiger partial charge in [0, 0.05) is 24.5 Å². The normalized spacial score (nSPS) is 14.9. The highest BCUT2D eigenvalue weighted by atomic mass is 16.1. The Labute approximate surface area is 130 Å². The summed E-state index contributed by atoms with van der Waals surface area (Å²) in [4.78, 5) is 15.6. The van der Waals surface area contributed by atoms with Crippen molar-refractivity contribution in [3.8, 4) is 11.3 Å². The molecule has 0 unspecified atom stereocenters. The molecule has 2 aromatic heterocycles. The Morgan fingerprint density at radius 3 is 2.86 bits per heavy atom. The quantitative estimate of drug-likeness (QED) is 0.863. The molecule has 1 N–H and O–H groups in total. The van der Waals surface area contributed by atoms with E-state index in [4.69, 9.17) is 0 Å². The molecule has 1 aliphatic rings. The second-order valence-electron chi connectivity index (χ2n) is 5.62. The van der Waals surface area contributed by atoms with Crippen LogP contribution in [-0.4, -0.2) is 20.7 Å². The fourth-order valence-corrected chi connectivity index (χ4v) is 2.80. The van der Waals surface area contributed by atoms with Crippen LogP contribution in [0.4, 0.5) is 0 Å². The summed E-state index contributed by atoms with van der Waals surface area (Å²) in [6, 6.07) is 4.48. The molecular formula is C17H20N4O. The first-order valence-electron chi connectivity index (χ1n) is 7.66. The zero-order valence-corrected chi connectivity index (χ0v) is 12.5. The minimum atomic E-state index is -0.179. The number of hydrogen-bond acceptors (Lipinski definition) is 3. The maximum Gasteiger partial charge on any atom is 0.243 e. The molecule has 0 atom stereocenters. The standard InChI is InChI=1S/C17H20N4O/c1-2-17(22)19-10-13-7-8-16(18-9-13)14-11-20-21(12-14)15-5-3-4-6-15/h2,7-9,11-12,15H,1,3-6,10H2,(H,19,22). The number of carbonyl (C=O) groups excluding carboxylic acids is 1. The summed E-state index contributed by atoms with van der Waals surface area (Å²) in [5.74, 6) is -0.179. The Kier molecular flexibility index (Phi) is 4.32. The molecule has 0 aromatic carbocycles. The molecule has 1 aliphatic carbocycles. The average molecular weight is 296 g/mol. The predicted molar refractivity (Wildman–Crippen MR) is 85.0 cm³/mol. The first-order valence-corrected chi connectivity index (χ1v) is 7.66. The van der Waals surface area contributed by atoms with Crippen LogP contribution >= 0.6 is 0 Å². The number of nitrogens with zero attached hydrogens (tertiary/aromatic N) is 3.